The molecule has 1 unspecified atom stereocenters. The maximum atomic E-state index is 12.9. The molecular weight excluding hydrogens is 380 g/mol. The van der Waals surface area contributed by atoms with Crippen LogP contribution in [0.15, 0.2) is 53.0 Å². The first kappa shape index (κ1) is 19.2. The van der Waals surface area contributed by atoms with Gasteiger partial charge in [0.05, 0.1) is 6.42 Å². The van der Waals surface area contributed by atoms with Gasteiger partial charge < -0.3 is 10.2 Å². The van der Waals surface area contributed by atoms with E-state index in [1.165, 1.54) is 0 Å². The van der Waals surface area contributed by atoms with Crippen LogP contribution in [0.5, 0.6) is 0 Å². The molecule has 2 amide bonds. The van der Waals surface area contributed by atoms with Crippen LogP contribution in [-0.4, -0.2) is 29.8 Å². The Labute approximate surface area is 157 Å². The van der Waals surface area contributed by atoms with E-state index in [0.717, 1.165) is 21.2 Å². The van der Waals surface area contributed by atoms with Gasteiger partial charge in [0.25, 0.3) is 0 Å². The number of hydrogen-bond donors (Lipinski definition) is 1. The fraction of sp³-hybridized carbons (Fsp3) is 0.300. The normalized spacial score (nSPS) is 11.7. The van der Waals surface area contributed by atoms with Crippen LogP contribution in [-0.2, 0) is 22.6 Å². The summed E-state index contributed by atoms with van der Waals surface area (Å²) in [5.41, 5.74) is 3.07. The second-order valence-corrected chi connectivity index (χ2v) is 7.02. The standard InChI is InChI=1S/C20H23BrN2O2/c1-14-7-9-16(10-8-14)12-19(24)23(15(2)20(25)22-3)13-17-5-4-6-18(21)11-17/h4-11,15H,12-13H2,1-3H3,(H,22,25). The van der Waals surface area contributed by atoms with Gasteiger partial charge in [-0.1, -0.05) is 57.9 Å². The van der Waals surface area contributed by atoms with Crippen molar-refractivity contribution in [3.63, 3.8) is 0 Å². The molecule has 0 spiro atoms. The second kappa shape index (κ2) is 8.81. The largest absolute Gasteiger partial charge is 0.357 e. The number of carbonyl (C=O) groups is 2. The smallest absolute Gasteiger partial charge is 0.242 e. The Morgan fingerprint density at radius 2 is 1.80 bits per heavy atom. The topological polar surface area (TPSA) is 49.4 Å². The van der Waals surface area contributed by atoms with E-state index in [1.807, 2.05) is 55.5 Å². The molecule has 2 aromatic rings. The maximum absolute atomic E-state index is 12.9. The van der Waals surface area contributed by atoms with E-state index in [2.05, 4.69) is 21.2 Å². The Morgan fingerprint density at radius 3 is 2.40 bits per heavy atom. The summed E-state index contributed by atoms with van der Waals surface area (Å²) in [5, 5.41) is 2.63. The molecule has 132 valence electrons. The Kier molecular flexibility index (Phi) is 6.76. The monoisotopic (exact) mass is 402 g/mol. The lowest BCUT2D eigenvalue weighted by molar-refractivity contribution is -0.139. The molecule has 4 nitrogen and oxygen atoms in total. The molecule has 0 heterocycles. The van der Waals surface area contributed by atoms with Crippen molar-refractivity contribution >= 4 is 27.7 Å². The summed E-state index contributed by atoms with van der Waals surface area (Å²) < 4.78 is 0.948. The predicted molar refractivity (Wildman–Crippen MR) is 103 cm³/mol. The van der Waals surface area contributed by atoms with Gasteiger partial charge in [-0.2, -0.15) is 0 Å². The first-order chi connectivity index (χ1) is 11.9. The Balaban J connectivity index is 2.21. The molecule has 2 aromatic carbocycles. The third kappa shape index (κ3) is 5.43. The van der Waals surface area contributed by atoms with Crippen molar-refractivity contribution in [1.82, 2.24) is 10.2 Å². The Morgan fingerprint density at radius 1 is 1.12 bits per heavy atom. The zero-order valence-electron chi connectivity index (χ0n) is 14.8. The van der Waals surface area contributed by atoms with Crippen LogP contribution in [0.2, 0.25) is 0 Å². The number of aryl methyl sites for hydroxylation is 1. The highest BCUT2D eigenvalue weighted by Gasteiger charge is 2.25. The minimum Gasteiger partial charge on any atom is -0.357 e. The second-order valence-electron chi connectivity index (χ2n) is 6.10. The van der Waals surface area contributed by atoms with E-state index in [-0.39, 0.29) is 18.2 Å². The average molecular weight is 403 g/mol. The summed E-state index contributed by atoms with van der Waals surface area (Å²) >= 11 is 3.45. The van der Waals surface area contributed by atoms with E-state index in [4.69, 9.17) is 0 Å². The highest BCUT2D eigenvalue weighted by Crippen LogP contribution is 2.16. The first-order valence-corrected chi connectivity index (χ1v) is 9.01. The summed E-state index contributed by atoms with van der Waals surface area (Å²) in [6, 6.07) is 15.1. The van der Waals surface area contributed by atoms with E-state index < -0.39 is 6.04 Å². The zero-order chi connectivity index (χ0) is 18.4. The van der Waals surface area contributed by atoms with Crippen LogP contribution in [0.25, 0.3) is 0 Å². The van der Waals surface area contributed by atoms with Crippen molar-refractivity contribution in [3.8, 4) is 0 Å². The van der Waals surface area contributed by atoms with Crippen LogP contribution in [0.3, 0.4) is 0 Å². The molecular formula is C20H23BrN2O2. The van der Waals surface area contributed by atoms with Crippen molar-refractivity contribution in [3.05, 3.63) is 69.7 Å². The molecule has 0 aliphatic heterocycles. The molecule has 5 heteroatoms. The van der Waals surface area contributed by atoms with E-state index in [1.54, 1.807) is 18.9 Å². The first-order valence-electron chi connectivity index (χ1n) is 8.21. The molecule has 1 atom stereocenters. The van der Waals surface area contributed by atoms with Crippen molar-refractivity contribution in [2.75, 3.05) is 7.05 Å². The van der Waals surface area contributed by atoms with Gasteiger partial charge in [0.1, 0.15) is 6.04 Å². The van der Waals surface area contributed by atoms with Crippen LogP contribution >= 0.6 is 15.9 Å². The molecule has 0 bridgehead atoms. The number of amides is 2. The van der Waals surface area contributed by atoms with Gasteiger partial charge in [-0.05, 0) is 37.1 Å². The van der Waals surface area contributed by atoms with Gasteiger partial charge in [-0.25, -0.2) is 0 Å². The molecule has 25 heavy (non-hydrogen) atoms. The molecule has 2 rings (SSSR count). The Bertz CT molecular complexity index is 744. The van der Waals surface area contributed by atoms with Crippen molar-refractivity contribution in [1.29, 1.82) is 0 Å². The molecule has 0 aliphatic rings. The number of carbonyl (C=O) groups excluding carboxylic acids is 2. The van der Waals surface area contributed by atoms with E-state index in [0.29, 0.717) is 6.54 Å². The van der Waals surface area contributed by atoms with Crippen molar-refractivity contribution in [2.24, 2.45) is 0 Å². The molecule has 1 N–H and O–H groups in total. The molecule has 0 fully saturated rings. The summed E-state index contributed by atoms with van der Waals surface area (Å²) in [6.07, 6.45) is 0.273. The number of likely N-dealkylation sites (N-methyl/N-ethyl adjacent to an activating group) is 1. The lowest BCUT2D eigenvalue weighted by Gasteiger charge is -2.28. The minimum absolute atomic E-state index is 0.0695. The van der Waals surface area contributed by atoms with Gasteiger partial charge >= 0.3 is 0 Å². The van der Waals surface area contributed by atoms with E-state index >= 15 is 0 Å². The van der Waals surface area contributed by atoms with Crippen LogP contribution in [0.4, 0.5) is 0 Å². The van der Waals surface area contributed by atoms with Gasteiger partial charge in [-0.3, -0.25) is 9.59 Å². The van der Waals surface area contributed by atoms with Crippen LogP contribution < -0.4 is 5.32 Å². The summed E-state index contributed by atoms with van der Waals surface area (Å²) in [7, 11) is 1.58. The van der Waals surface area contributed by atoms with Crippen LogP contribution in [0, 0.1) is 6.92 Å². The fourth-order valence-corrected chi connectivity index (χ4v) is 3.05. The number of benzene rings is 2. The highest BCUT2D eigenvalue weighted by molar-refractivity contribution is 9.10. The molecule has 0 aromatic heterocycles. The number of halogens is 1. The van der Waals surface area contributed by atoms with Gasteiger partial charge in [0.15, 0.2) is 0 Å². The molecule has 0 aliphatic carbocycles. The van der Waals surface area contributed by atoms with Crippen LogP contribution in [0.1, 0.15) is 23.6 Å². The zero-order valence-corrected chi connectivity index (χ0v) is 16.3. The van der Waals surface area contributed by atoms with Crippen molar-refractivity contribution < 1.29 is 9.59 Å². The molecule has 0 radical (unpaired) electrons. The third-order valence-electron chi connectivity index (χ3n) is 4.13. The summed E-state index contributed by atoms with van der Waals surface area (Å²) in [4.78, 5) is 26.6. The lowest BCUT2D eigenvalue weighted by Crippen LogP contribution is -2.47. The number of nitrogens with one attached hydrogen (secondary N) is 1. The van der Waals surface area contributed by atoms with Gasteiger partial charge in [0.2, 0.25) is 11.8 Å². The summed E-state index contributed by atoms with van der Waals surface area (Å²) in [6.45, 7) is 4.15. The van der Waals surface area contributed by atoms with E-state index in [9.17, 15) is 9.59 Å². The number of rotatable bonds is 6. The van der Waals surface area contributed by atoms with Gasteiger partial charge in [0, 0.05) is 18.1 Å². The minimum atomic E-state index is -0.540. The quantitative estimate of drug-likeness (QED) is 0.803. The average Bonchev–Trinajstić information content (AvgIpc) is 2.60. The molecule has 0 saturated carbocycles. The lowest BCUT2D eigenvalue weighted by atomic mass is 10.1. The fourth-order valence-electron chi connectivity index (χ4n) is 2.61. The number of hydrogen-bond acceptors (Lipinski definition) is 2. The third-order valence-corrected chi connectivity index (χ3v) is 4.62. The number of nitrogens with zero attached hydrogens (tertiary/aromatic N) is 1. The highest BCUT2D eigenvalue weighted by atomic mass is 79.9. The SMILES string of the molecule is CNC(=O)C(C)N(Cc1cccc(Br)c1)C(=O)Cc1ccc(C)cc1. The van der Waals surface area contributed by atoms with Gasteiger partial charge in [-0.15, -0.1) is 0 Å². The molecule has 0 saturated heterocycles. The summed E-state index contributed by atoms with van der Waals surface area (Å²) in [5.74, 6) is -0.243. The Hall–Kier alpha value is -2.14. The van der Waals surface area contributed by atoms with Crippen molar-refractivity contribution in [2.45, 2.75) is 32.9 Å². The predicted octanol–water partition coefficient (Wildman–Crippen LogP) is 3.46. The maximum Gasteiger partial charge on any atom is 0.242 e.